The molecule has 0 radical (unpaired) electrons. The van der Waals surface area contributed by atoms with Crippen LogP contribution in [0.1, 0.15) is 38.0 Å². The highest BCUT2D eigenvalue weighted by Crippen LogP contribution is 2.43. The highest BCUT2D eigenvalue weighted by Gasteiger charge is 2.64. The van der Waals surface area contributed by atoms with Crippen molar-refractivity contribution in [2.45, 2.75) is 38.7 Å². The Kier molecular flexibility index (Phi) is 9.89. The van der Waals surface area contributed by atoms with Crippen LogP contribution in [0.4, 0.5) is 13.2 Å². The van der Waals surface area contributed by atoms with E-state index in [1.165, 1.54) is 25.3 Å². The van der Waals surface area contributed by atoms with Crippen LogP contribution in [0, 0.1) is 5.41 Å². The van der Waals surface area contributed by atoms with Crippen molar-refractivity contribution in [1.29, 1.82) is 0 Å². The molecule has 198 valence electrons. The van der Waals surface area contributed by atoms with E-state index >= 15 is 0 Å². The van der Waals surface area contributed by atoms with Gasteiger partial charge in [0.25, 0.3) is 5.60 Å². The number of benzene rings is 2. The lowest BCUT2D eigenvalue weighted by molar-refractivity contribution is -0.276. The fraction of sp³-hybridized carbons (Fsp3) is 0.462. The van der Waals surface area contributed by atoms with E-state index in [1.54, 1.807) is 45.0 Å². The number of rotatable bonds is 12. The second-order valence-electron chi connectivity index (χ2n) is 8.35. The zero-order valence-corrected chi connectivity index (χ0v) is 20.9. The van der Waals surface area contributed by atoms with Crippen LogP contribution in [0.5, 0.6) is 5.75 Å². The number of alkyl halides is 3. The number of methoxy groups -OCH3 is 2. The van der Waals surface area contributed by atoms with Gasteiger partial charge in [0, 0.05) is 12.7 Å². The fourth-order valence-corrected chi connectivity index (χ4v) is 3.71. The van der Waals surface area contributed by atoms with Gasteiger partial charge in [-0.25, -0.2) is 4.79 Å². The van der Waals surface area contributed by atoms with Crippen molar-refractivity contribution in [1.82, 2.24) is 0 Å². The van der Waals surface area contributed by atoms with Gasteiger partial charge in [0.05, 0.1) is 31.8 Å². The normalized spacial score (nSPS) is 14.4. The van der Waals surface area contributed by atoms with Crippen LogP contribution in [0.2, 0.25) is 0 Å². The van der Waals surface area contributed by atoms with E-state index in [1.807, 2.05) is 0 Å². The Bertz CT molecular complexity index is 991. The van der Waals surface area contributed by atoms with Crippen molar-refractivity contribution in [3.05, 3.63) is 65.7 Å². The number of carbonyl (C=O) groups is 2. The predicted octanol–water partition coefficient (Wildman–Crippen LogP) is 4.99. The zero-order valence-electron chi connectivity index (χ0n) is 20.9. The molecule has 0 heterocycles. The Morgan fingerprint density at radius 2 is 1.47 bits per heavy atom. The average Bonchev–Trinajstić information content (AvgIpc) is 2.84. The summed E-state index contributed by atoms with van der Waals surface area (Å²) in [4.78, 5) is 25.3. The number of esters is 2. The van der Waals surface area contributed by atoms with Crippen molar-refractivity contribution in [3.63, 3.8) is 0 Å². The molecule has 0 aliphatic heterocycles. The summed E-state index contributed by atoms with van der Waals surface area (Å²) in [6.45, 7) is 4.27. The molecule has 0 amide bonds. The second-order valence-corrected chi connectivity index (χ2v) is 8.35. The first-order valence-electron chi connectivity index (χ1n) is 11.2. The van der Waals surface area contributed by atoms with Gasteiger partial charge in [-0.1, -0.05) is 42.5 Å². The molecule has 10 heteroatoms. The summed E-state index contributed by atoms with van der Waals surface area (Å²) in [6, 6.07) is 13.3. The van der Waals surface area contributed by atoms with Crippen molar-refractivity contribution in [2.24, 2.45) is 5.41 Å². The van der Waals surface area contributed by atoms with Gasteiger partial charge in [0.2, 0.25) is 0 Å². The largest absolute Gasteiger partial charge is 0.497 e. The zero-order chi connectivity index (χ0) is 27.0. The van der Waals surface area contributed by atoms with E-state index in [4.69, 9.17) is 23.7 Å². The summed E-state index contributed by atoms with van der Waals surface area (Å²) in [5, 5.41) is 0. The Balaban J connectivity index is 2.21. The van der Waals surface area contributed by atoms with Crippen molar-refractivity contribution in [2.75, 3.05) is 34.0 Å². The Hall–Kier alpha value is -3.11. The van der Waals surface area contributed by atoms with Gasteiger partial charge in [-0.2, -0.15) is 13.2 Å². The molecule has 0 saturated heterocycles. The molecule has 0 aliphatic carbocycles. The number of carbonyl (C=O) groups excluding carboxylic acids is 2. The maximum atomic E-state index is 14.0. The van der Waals surface area contributed by atoms with Gasteiger partial charge in [-0.3, -0.25) is 4.79 Å². The predicted molar refractivity (Wildman–Crippen MR) is 124 cm³/mol. The number of hydrogen-bond donors (Lipinski definition) is 0. The van der Waals surface area contributed by atoms with Crippen LogP contribution in [0.15, 0.2) is 54.6 Å². The maximum absolute atomic E-state index is 14.0. The molecule has 0 unspecified atom stereocenters. The van der Waals surface area contributed by atoms with Gasteiger partial charge < -0.3 is 23.7 Å². The maximum Gasteiger partial charge on any atom is 0.432 e. The van der Waals surface area contributed by atoms with Crippen LogP contribution in [-0.4, -0.2) is 52.2 Å². The summed E-state index contributed by atoms with van der Waals surface area (Å²) in [5.41, 5.74) is -4.27. The minimum atomic E-state index is -5.08. The average molecular weight is 513 g/mol. The van der Waals surface area contributed by atoms with E-state index in [0.29, 0.717) is 11.3 Å². The van der Waals surface area contributed by atoms with Crippen LogP contribution in [0.25, 0.3) is 0 Å². The summed E-state index contributed by atoms with van der Waals surface area (Å²) in [7, 11) is 2.30. The molecule has 2 atom stereocenters. The molecule has 0 N–H and O–H groups in total. The monoisotopic (exact) mass is 512 g/mol. The summed E-state index contributed by atoms with van der Waals surface area (Å²) < 4.78 is 68.0. The Labute approximate surface area is 208 Å². The van der Waals surface area contributed by atoms with Gasteiger partial charge in [0.15, 0.2) is 0 Å². The molecule has 7 nitrogen and oxygen atoms in total. The highest BCUT2D eigenvalue weighted by molar-refractivity contribution is 5.82. The molecule has 2 aromatic carbocycles. The van der Waals surface area contributed by atoms with E-state index in [0.717, 1.165) is 19.2 Å². The van der Waals surface area contributed by atoms with Crippen molar-refractivity contribution >= 4 is 11.9 Å². The molecule has 0 aliphatic rings. The van der Waals surface area contributed by atoms with E-state index in [-0.39, 0.29) is 13.2 Å². The van der Waals surface area contributed by atoms with Gasteiger partial charge in [0.1, 0.15) is 12.4 Å². The van der Waals surface area contributed by atoms with Crippen LogP contribution >= 0.6 is 0 Å². The Morgan fingerprint density at radius 3 is 1.97 bits per heavy atom. The summed E-state index contributed by atoms with van der Waals surface area (Å²) >= 11 is 0. The number of hydrogen-bond acceptors (Lipinski definition) is 7. The molecule has 0 aromatic heterocycles. The first-order chi connectivity index (χ1) is 17.0. The van der Waals surface area contributed by atoms with E-state index in [9.17, 15) is 22.8 Å². The first kappa shape index (κ1) is 29.1. The smallest absolute Gasteiger partial charge is 0.432 e. The molecule has 0 fully saturated rings. The molecule has 36 heavy (non-hydrogen) atoms. The molecule has 0 bridgehead atoms. The quantitative estimate of drug-likeness (QED) is 0.293. The molecule has 0 spiro atoms. The highest BCUT2D eigenvalue weighted by atomic mass is 19.4. The number of halogens is 3. The second kappa shape index (κ2) is 12.2. The van der Waals surface area contributed by atoms with Crippen molar-refractivity contribution in [3.8, 4) is 5.75 Å². The standard InChI is InChI=1S/C26H31F3O7/c1-6-34-22(30)24(2,3)21(18-12-14-20(32-4)15-13-18)35-16-17-36-23(31)25(33-5,26(27,28)29)19-10-8-7-9-11-19/h7-15,21H,6,16-17H2,1-5H3/t21-,25-/m0/s1. The third-order valence-corrected chi connectivity index (χ3v) is 5.65. The minimum Gasteiger partial charge on any atom is -0.497 e. The molecular formula is C26H31F3O7. The topological polar surface area (TPSA) is 80.3 Å². The molecule has 2 aromatic rings. The van der Waals surface area contributed by atoms with E-state index in [2.05, 4.69) is 0 Å². The van der Waals surface area contributed by atoms with E-state index < -0.39 is 47.4 Å². The Morgan fingerprint density at radius 1 is 0.861 bits per heavy atom. The van der Waals surface area contributed by atoms with Gasteiger partial charge >= 0.3 is 18.1 Å². The van der Waals surface area contributed by atoms with Gasteiger partial charge in [-0.05, 0) is 38.5 Å². The molecular weight excluding hydrogens is 481 g/mol. The lowest BCUT2D eigenvalue weighted by atomic mass is 9.82. The summed E-state index contributed by atoms with van der Waals surface area (Å²) in [5.74, 6) is -1.57. The first-order valence-corrected chi connectivity index (χ1v) is 11.2. The number of ether oxygens (including phenoxy) is 5. The molecule has 2 rings (SSSR count). The lowest BCUT2D eigenvalue weighted by Gasteiger charge is -2.33. The molecule has 0 saturated carbocycles. The SMILES string of the molecule is CCOC(=O)C(C)(C)[C@@H](OCCOC(=O)[C@@](OC)(c1ccccc1)C(F)(F)F)c1ccc(OC)cc1. The minimum absolute atomic E-state index is 0.158. The fourth-order valence-electron chi connectivity index (χ4n) is 3.71. The van der Waals surface area contributed by atoms with Crippen LogP contribution in [-0.2, 0) is 34.1 Å². The van der Waals surface area contributed by atoms with Crippen molar-refractivity contribution < 1.29 is 46.4 Å². The lowest BCUT2D eigenvalue weighted by Crippen LogP contribution is -2.52. The van der Waals surface area contributed by atoms with Crippen LogP contribution < -0.4 is 4.74 Å². The van der Waals surface area contributed by atoms with Crippen LogP contribution in [0.3, 0.4) is 0 Å². The van der Waals surface area contributed by atoms with Gasteiger partial charge in [-0.15, -0.1) is 0 Å². The third-order valence-electron chi connectivity index (χ3n) is 5.65. The third kappa shape index (κ3) is 6.17. The summed E-state index contributed by atoms with van der Waals surface area (Å²) in [6.07, 6.45) is -5.94.